The maximum atomic E-state index is 4.94. The number of hydrogen-bond acceptors (Lipinski definition) is 2. The molecule has 3 heterocycles. The Morgan fingerprint density at radius 3 is 1.66 bits per heavy atom. The molecule has 2 aromatic heterocycles. The predicted octanol–water partition coefficient (Wildman–Crippen LogP) is 5.77. The van der Waals surface area contributed by atoms with E-state index in [2.05, 4.69) is 171 Å². The van der Waals surface area contributed by atoms with Crippen LogP contribution in [0.4, 0.5) is 0 Å². The van der Waals surface area contributed by atoms with Crippen molar-refractivity contribution in [3.05, 3.63) is 182 Å². The van der Waals surface area contributed by atoms with E-state index in [0.717, 1.165) is 11.2 Å². The molecule has 1 aliphatic heterocycles. The Balaban J connectivity index is 1.24. The van der Waals surface area contributed by atoms with Crippen LogP contribution in [-0.4, -0.2) is 31.5 Å². The topological polar surface area (TPSA) is 25.8 Å². The van der Waals surface area contributed by atoms with Gasteiger partial charge < -0.3 is 0 Å². The maximum Gasteiger partial charge on any atom is 0.265 e. The van der Waals surface area contributed by atoms with E-state index in [9.17, 15) is 0 Å². The first-order valence-corrected chi connectivity index (χ1v) is 21.6. The van der Waals surface area contributed by atoms with Gasteiger partial charge in [-0.3, -0.25) is 9.97 Å². The summed E-state index contributed by atoms with van der Waals surface area (Å²) in [4.78, 5) is 9.81. The zero-order chi connectivity index (χ0) is 35.5. The van der Waals surface area contributed by atoms with E-state index in [1.807, 2.05) is 24.5 Å². The number of hydrogen-bond donors (Lipinski definition) is 0. The number of benzene rings is 7. The molecule has 0 fully saturated rings. The monoisotopic (exact) mass is 690 g/mol. The molecule has 53 heavy (non-hydrogen) atoms. The Kier molecular flexibility index (Phi) is 7.52. The summed E-state index contributed by atoms with van der Waals surface area (Å²) in [6.07, 6.45) is 3.83. The van der Waals surface area contributed by atoms with Crippen molar-refractivity contribution in [3.63, 3.8) is 0 Å². The fourth-order valence-corrected chi connectivity index (χ4v) is 12.2. The van der Waals surface area contributed by atoms with Crippen LogP contribution in [0.15, 0.2) is 182 Å². The van der Waals surface area contributed by atoms with E-state index in [1.165, 1.54) is 75.7 Å². The van der Waals surface area contributed by atoms with Crippen molar-refractivity contribution >= 4 is 97.2 Å². The van der Waals surface area contributed by atoms with Crippen LogP contribution >= 0.6 is 0 Å². The van der Waals surface area contributed by atoms with Crippen LogP contribution < -0.4 is 43.4 Å². The van der Waals surface area contributed by atoms with Crippen molar-refractivity contribution in [1.82, 2.24) is 9.97 Å². The molecular formula is C48H36B2N2Si. The SMILES string of the molecule is C[Si]1(C)c2cc(B(c3ccccc3)c3ccccn3)ccc2-c2cc3c4ccccc4c(B(c4ccccc4)c4ccccn4)cc3c3cccc1c23. The molecule has 0 bridgehead atoms. The third-order valence-electron chi connectivity index (χ3n) is 11.6. The summed E-state index contributed by atoms with van der Waals surface area (Å²) in [5.74, 6) is 0. The lowest BCUT2D eigenvalue weighted by Gasteiger charge is -2.35. The van der Waals surface area contributed by atoms with Gasteiger partial charge in [0.1, 0.15) is 8.07 Å². The van der Waals surface area contributed by atoms with E-state index in [-0.39, 0.29) is 13.4 Å². The van der Waals surface area contributed by atoms with Crippen LogP contribution in [0.5, 0.6) is 0 Å². The Morgan fingerprint density at radius 1 is 0.396 bits per heavy atom. The maximum absolute atomic E-state index is 4.94. The minimum atomic E-state index is -2.15. The molecule has 1 aliphatic rings. The second-order valence-electron chi connectivity index (χ2n) is 14.9. The highest BCUT2D eigenvalue weighted by atomic mass is 28.3. The molecule has 0 atom stereocenters. The second kappa shape index (κ2) is 12.6. The van der Waals surface area contributed by atoms with Gasteiger partial charge in [-0.1, -0.05) is 174 Å². The fourth-order valence-electron chi connectivity index (χ4n) is 9.13. The summed E-state index contributed by atoms with van der Waals surface area (Å²) in [6.45, 7) is 5.13. The molecule has 0 radical (unpaired) electrons. The first kappa shape index (κ1) is 31.7. The number of rotatable bonds is 6. The van der Waals surface area contributed by atoms with Gasteiger partial charge in [0.15, 0.2) is 0 Å². The van der Waals surface area contributed by atoms with Crippen LogP contribution in [0.25, 0.3) is 43.4 Å². The van der Waals surface area contributed by atoms with Crippen molar-refractivity contribution in [2.45, 2.75) is 13.1 Å². The highest BCUT2D eigenvalue weighted by Crippen LogP contribution is 2.40. The van der Waals surface area contributed by atoms with Gasteiger partial charge in [0.2, 0.25) is 0 Å². The van der Waals surface area contributed by atoms with Crippen LogP contribution in [0.1, 0.15) is 0 Å². The molecular weight excluding hydrogens is 654 g/mol. The van der Waals surface area contributed by atoms with Gasteiger partial charge >= 0.3 is 0 Å². The number of pyridine rings is 2. The van der Waals surface area contributed by atoms with Gasteiger partial charge in [-0.25, -0.2) is 0 Å². The van der Waals surface area contributed by atoms with Crippen LogP contribution in [0.2, 0.25) is 13.1 Å². The van der Waals surface area contributed by atoms with Gasteiger partial charge in [0.25, 0.3) is 13.4 Å². The minimum absolute atomic E-state index is 0.000794. The standard InChI is InChI=1S/C48H36B2N2Si/c1-53(2)44-23-15-22-39-41-32-43(50(34-18-7-4-8-19-34)47-25-12-14-29-52-47)37-21-10-9-20-36(37)40(41)31-42(48(39)44)38-27-26-35(30-45(38)53)49(33-16-5-3-6-17-33)46-24-11-13-28-51-46/h3-32H,1-2H3. The van der Waals surface area contributed by atoms with E-state index < -0.39 is 8.07 Å². The number of aromatic nitrogens is 2. The molecule has 248 valence electrons. The average Bonchev–Trinajstić information content (AvgIpc) is 3.22. The molecule has 0 saturated heterocycles. The predicted molar refractivity (Wildman–Crippen MR) is 232 cm³/mol. The van der Waals surface area contributed by atoms with Crippen LogP contribution in [-0.2, 0) is 0 Å². The first-order chi connectivity index (χ1) is 26.1. The summed E-state index contributed by atoms with van der Waals surface area (Å²) in [6, 6.07) is 62.6. The molecule has 5 heteroatoms. The normalized spacial score (nSPS) is 12.9. The lowest BCUT2D eigenvalue weighted by Crippen LogP contribution is -2.59. The van der Waals surface area contributed by atoms with E-state index >= 15 is 0 Å². The van der Waals surface area contributed by atoms with Crippen LogP contribution in [0, 0.1) is 0 Å². The zero-order valence-electron chi connectivity index (χ0n) is 29.9. The summed E-state index contributed by atoms with van der Waals surface area (Å²) < 4.78 is 0. The Labute approximate surface area is 312 Å². The summed E-state index contributed by atoms with van der Waals surface area (Å²) in [5.41, 5.74) is 9.93. The van der Waals surface area contributed by atoms with Crippen molar-refractivity contribution < 1.29 is 0 Å². The third kappa shape index (κ3) is 5.10. The minimum Gasteiger partial charge on any atom is -0.270 e. The van der Waals surface area contributed by atoms with Crippen molar-refractivity contribution in [1.29, 1.82) is 0 Å². The Bertz CT molecular complexity index is 2730. The van der Waals surface area contributed by atoms with E-state index in [4.69, 9.17) is 9.97 Å². The highest BCUT2D eigenvalue weighted by Gasteiger charge is 2.37. The number of nitrogens with zero attached hydrogens (tertiary/aromatic N) is 2. The first-order valence-electron chi connectivity index (χ1n) is 18.6. The van der Waals surface area contributed by atoms with Crippen molar-refractivity contribution in [2.24, 2.45) is 0 Å². The molecule has 0 saturated carbocycles. The Hall–Kier alpha value is -6.03. The summed E-state index contributed by atoms with van der Waals surface area (Å²) in [7, 11) is -2.15. The summed E-state index contributed by atoms with van der Waals surface area (Å²) in [5, 5.41) is 10.9. The quantitative estimate of drug-likeness (QED) is 0.164. The lowest BCUT2D eigenvalue weighted by molar-refractivity contribution is 1.38. The molecule has 0 spiro atoms. The Morgan fingerprint density at radius 2 is 0.981 bits per heavy atom. The van der Waals surface area contributed by atoms with Gasteiger partial charge in [0, 0.05) is 23.6 Å². The molecule has 0 aliphatic carbocycles. The van der Waals surface area contributed by atoms with Crippen molar-refractivity contribution in [2.75, 3.05) is 0 Å². The molecule has 0 N–H and O–H groups in total. The summed E-state index contributed by atoms with van der Waals surface area (Å²) >= 11 is 0. The van der Waals surface area contributed by atoms with Gasteiger partial charge in [-0.15, -0.1) is 0 Å². The van der Waals surface area contributed by atoms with Gasteiger partial charge in [-0.05, 0) is 84.1 Å². The fraction of sp³-hybridized carbons (Fsp3) is 0.0417. The van der Waals surface area contributed by atoms with Crippen molar-refractivity contribution in [3.8, 4) is 11.1 Å². The average molecular weight is 691 g/mol. The molecule has 0 amide bonds. The molecule has 2 nitrogen and oxygen atoms in total. The van der Waals surface area contributed by atoms with Gasteiger partial charge in [-0.2, -0.15) is 0 Å². The van der Waals surface area contributed by atoms with Gasteiger partial charge in [0.05, 0.1) is 0 Å². The third-order valence-corrected chi connectivity index (χ3v) is 15.1. The smallest absolute Gasteiger partial charge is 0.265 e. The van der Waals surface area contributed by atoms with E-state index in [1.54, 1.807) is 0 Å². The lowest BCUT2D eigenvalue weighted by atomic mass is 9.37. The molecule has 10 rings (SSSR count). The van der Waals surface area contributed by atoms with Crippen LogP contribution in [0.3, 0.4) is 0 Å². The molecule has 9 aromatic rings. The number of fused-ring (bicyclic) bond motifs is 6. The molecule has 0 unspecified atom stereocenters. The van der Waals surface area contributed by atoms with E-state index in [0.29, 0.717) is 0 Å². The zero-order valence-corrected chi connectivity index (χ0v) is 30.9. The largest absolute Gasteiger partial charge is 0.270 e. The highest BCUT2D eigenvalue weighted by molar-refractivity contribution is 7.04. The molecule has 7 aromatic carbocycles. The second-order valence-corrected chi connectivity index (χ2v) is 19.2.